The van der Waals surface area contributed by atoms with Gasteiger partial charge in [0.05, 0.1) is 10.0 Å². The fraction of sp³-hybridized carbons (Fsp3) is 0. The first-order chi connectivity index (χ1) is 6.66. The second-order valence-corrected chi connectivity index (χ2v) is 3.40. The van der Waals surface area contributed by atoms with E-state index in [4.69, 9.17) is 33.5 Å². The van der Waals surface area contributed by atoms with Gasteiger partial charge in [0.2, 0.25) is 0 Å². The number of hydrogen-bond donors (Lipinski definition) is 1. The van der Waals surface area contributed by atoms with E-state index in [1.807, 2.05) is 0 Å². The van der Waals surface area contributed by atoms with E-state index in [1.54, 1.807) is 18.2 Å². The van der Waals surface area contributed by atoms with Gasteiger partial charge in [-0.1, -0.05) is 23.2 Å². The first-order valence-electron chi connectivity index (χ1n) is 3.71. The fourth-order valence-corrected chi connectivity index (χ4v) is 1.28. The number of anilines is 1. The topological polar surface area (TPSA) is 64.9 Å². The summed E-state index contributed by atoms with van der Waals surface area (Å²) >= 11 is 11.6. The minimum absolute atomic E-state index is 0. The number of benzene rings is 1. The molecule has 0 bridgehead atoms. The van der Waals surface area contributed by atoms with E-state index in [0.717, 1.165) is 0 Å². The highest BCUT2D eigenvalue weighted by Gasteiger charge is 2.08. The zero-order chi connectivity index (χ0) is 10.1. The lowest BCUT2D eigenvalue weighted by Crippen LogP contribution is -1.85. The van der Waals surface area contributed by atoms with Gasteiger partial charge in [0.15, 0.2) is 0 Å². The van der Waals surface area contributed by atoms with Crippen LogP contribution in [0.1, 0.15) is 0 Å². The van der Waals surface area contributed by atoms with Crippen molar-refractivity contribution in [2.75, 3.05) is 5.73 Å². The number of nitrogens with two attached hydrogens (primary N) is 1. The predicted octanol–water partition coefficient (Wildman–Crippen LogP) is 3.05. The number of rotatable bonds is 1. The van der Waals surface area contributed by atoms with Crippen molar-refractivity contribution in [1.29, 1.82) is 0 Å². The smallest absolute Gasteiger partial charge is 0.261 e. The summed E-state index contributed by atoms with van der Waals surface area (Å²) in [6.07, 6.45) is 0. The van der Waals surface area contributed by atoms with Crippen molar-refractivity contribution < 1.29 is 4.52 Å². The van der Waals surface area contributed by atoms with Gasteiger partial charge in [-0.15, -0.1) is 12.4 Å². The number of nitrogens with zero attached hydrogens (tertiary/aromatic N) is 2. The van der Waals surface area contributed by atoms with Gasteiger partial charge < -0.3 is 10.3 Å². The van der Waals surface area contributed by atoms with E-state index in [0.29, 0.717) is 21.5 Å². The molecule has 2 aromatic rings. The molecule has 1 aromatic carbocycles. The summed E-state index contributed by atoms with van der Waals surface area (Å²) < 4.78 is 4.86. The van der Waals surface area contributed by atoms with Crippen LogP contribution < -0.4 is 5.73 Å². The van der Waals surface area contributed by atoms with Gasteiger partial charge in [-0.05, 0) is 23.4 Å². The predicted molar refractivity (Wildman–Crippen MR) is 61.4 cm³/mol. The van der Waals surface area contributed by atoms with Crippen LogP contribution in [0.2, 0.25) is 10.0 Å². The van der Waals surface area contributed by atoms with Crippen molar-refractivity contribution in [3.05, 3.63) is 28.2 Å². The summed E-state index contributed by atoms with van der Waals surface area (Å²) in [4.78, 5) is 3.85. The molecule has 0 amide bonds. The third kappa shape index (κ3) is 2.53. The van der Waals surface area contributed by atoms with Crippen LogP contribution in [0.15, 0.2) is 22.7 Å². The number of nitrogen functional groups attached to an aromatic ring is 1. The van der Waals surface area contributed by atoms with Crippen molar-refractivity contribution in [2.24, 2.45) is 0 Å². The van der Waals surface area contributed by atoms with E-state index >= 15 is 0 Å². The summed E-state index contributed by atoms with van der Waals surface area (Å²) in [5.74, 6) is 0.409. The van der Waals surface area contributed by atoms with Crippen LogP contribution in [0, 0.1) is 0 Å². The highest BCUT2D eigenvalue weighted by atomic mass is 35.5. The molecular weight excluding hydrogens is 260 g/mol. The number of halogens is 3. The molecule has 0 spiro atoms. The Morgan fingerprint density at radius 3 is 2.47 bits per heavy atom. The molecular formula is C8H6Cl3N3O. The Morgan fingerprint density at radius 1 is 1.20 bits per heavy atom. The summed E-state index contributed by atoms with van der Waals surface area (Å²) in [6, 6.07) is 5.01. The summed E-state index contributed by atoms with van der Waals surface area (Å²) in [5, 5.41) is 4.37. The number of aromatic nitrogens is 2. The molecule has 2 N–H and O–H groups in total. The maximum absolute atomic E-state index is 5.82. The van der Waals surface area contributed by atoms with E-state index in [2.05, 4.69) is 10.1 Å². The fourth-order valence-electron chi connectivity index (χ4n) is 0.981. The molecule has 0 radical (unpaired) electrons. The largest absolute Gasteiger partial charge is 0.365 e. The van der Waals surface area contributed by atoms with Gasteiger partial charge in [0, 0.05) is 5.56 Å². The maximum Gasteiger partial charge on any atom is 0.261 e. The molecule has 15 heavy (non-hydrogen) atoms. The van der Waals surface area contributed by atoms with Gasteiger partial charge in [-0.2, -0.15) is 4.98 Å². The van der Waals surface area contributed by atoms with Crippen LogP contribution in [-0.4, -0.2) is 10.1 Å². The van der Waals surface area contributed by atoms with Crippen LogP contribution >= 0.6 is 35.6 Å². The van der Waals surface area contributed by atoms with Crippen molar-refractivity contribution in [3.8, 4) is 11.5 Å². The lowest BCUT2D eigenvalue weighted by atomic mass is 10.2. The van der Waals surface area contributed by atoms with Crippen molar-refractivity contribution >= 4 is 41.6 Å². The van der Waals surface area contributed by atoms with Crippen LogP contribution in [0.25, 0.3) is 11.5 Å². The quantitative estimate of drug-likeness (QED) is 0.861. The zero-order valence-electron chi connectivity index (χ0n) is 7.28. The molecule has 0 aliphatic carbocycles. The van der Waals surface area contributed by atoms with Gasteiger partial charge in [0.1, 0.15) is 0 Å². The first-order valence-corrected chi connectivity index (χ1v) is 4.47. The number of hydrogen-bond acceptors (Lipinski definition) is 4. The highest BCUT2D eigenvalue weighted by molar-refractivity contribution is 6.42. The molecule has 7 heteroatoms. The standard InChI is InChI=1S/C8H5Cl2N3O.ClH/c9-5-2-1-4(3-6(5)10)7-12-8(11)13-14-7;/h1-3H,(H2,11,13);1H. The molecule has 1 heterocycles. The van der Waals surface area contributed by atoms with Gasteiger partial charge in [0.25, 0.3) is 11.8 Å². The second-order valence-electron chi connectivity index (χ2n) is 2.59. The Hall–Kier alpha value is -0.970. The normalized spacial score (nSPS) is 9.73. The Kier molecular flexibility index (Phi) is 3.79. The summed E-state index contributed by atoms with van der Waals surface area (Å²) in [5.41, 5.74) is 5.99. The summed E-state index contributed by atoms with van der Waals surface area (Å²) in [6.45, 7) is 0. The minimum Gasteiger partial charge on any atom is -0.365 e. The zero-order valence-corrected chi connectivity index (χ0v) is 9.60. The Balaban J connectivity index is 0.00000112. The highest BCUT2D eigenvalue weighted by Crippen LogP contribution is 2.27. The van der Waals surface area contributed by atoms with E-state index in [1.165, 1.54) is 0 Å². The van der Waals surface area contributed by atoms with Crippen LogP contribution in [0.5, 0.6) is 0 Å². The first kappa shape index (κ1) is 12.1. The SMILES string of the molecule is Cl.Nc1noc(-c2ccc(Cl)c(Cl)c2)n1. The molecule has 4 nitrogen and oxygen atoms in total. The molecule has 80 valence electrons. The minimum atomic E-state index is 0. The summed E-state index contributed by atoms with van der Waals surface area (Å²) in [7, 11) is 0. The molecule has 2 rings (SSSR count). The molecule has 0 unspecified atom stereocenters. The molecule has 0 fully saturated rings. The lowest BCUT2D eigenvalue weighted by Gasteiger charge is -1.96. The Morgan fingerprint density at radius 2 is 1.93 bits per heavy atom. The molecule has 0 aliphatic heterocycles. The van der Waals surface area contributed by atoms with Crippen LogP contribution in [0.3, 0.4) is 0 Å². The monoisotopic (exact) mass is 265 g/mol. The second kappa shape index (κ2) is 4.70. The lowest BCUT2D eigenvalue weighted by molar-refractivity contribution is 0.433. The van der Waals surface area contributed by atoms with Crippen molar-refractivity contribution in [2.45, 2.75) is 0 Å². The van der Waals surface area contributed by atoms with E-state index in [9.17, 15) is 0 Å². The third-order valence-electron chi connectivity index (χ3n) is 1.61. The molecule has 1 aromatic heterocycles. The Labute approximate surface area is 102 Å². The average molecular weight is 267 g/mol. The van der Waals surface area contributed by atoms with Gasteiger partial charge >= 0.3 is 0 Å². The van der Waals surface area contributed by atoms with Crippen molar-refractivity contribution in [3.63, 3.8) is 0 Å². The van der Waals surface area contributed by atoms with Crippen LogP contribution in [-0.2, 0) is 0 Å². The van der Waals surface area contributed by atoms with Gasteiger partial charge in [-0.25, -0.2) is 0 Å². The van der Waals surface area contributed by atoms with Crippen molar-refractivity contribution in [1.82, 2.24) is 10.1 Å². The maximum atomic E-state index is 5.82. The van der Waals surface area contributed by atoms with Gasteiger partial charge in [-0.3, -0.25) is 0 Å². The molecule has 0 saturated heterocycles. The molecule has 0 saturated carbocycles. The Bertz CT molecular complexity index is 472. The van der Waals surface area contributed by atoms with Crippen LogP contribution in [0.4, 0.5) is 5.95 Å². The van der Waals surface area contributed by atoms with E-state index < -0.39 is 0 Å². The molecule has 0 atom stereocenters. The third-order valence-corrected chi connectivity index (χ3v) is 2.35. The van der Waals surface area contributed by atoms with E-state index in [-0.39, 0.29) is 18.4 Å². The average Bonchev–Trinajstić information content (AvgIpc) is 2.57. The molecule has 0 aliphatic rings.